The van der Waals surface area contributed by atoms with Gasteiger partial charge in [-0.2, -0.15) is 0 Å². The lowest BCUT2D eigenvalue weighted by Crippen LogP contribution is -2.38. The molecule has 0 aliphatic carbocycles. The summed E-state index contributed by atoms with van der Waals surface area (Å²) in [5.74, 6) is -0.355. The second-order valence-electron chi connectivity index (χ2n) is 5.46. The molecule has 0 amide bonds. The lowest BCUT2D eigenvalue weighted by Gasteiger charge is -2.23. The standard InChI is InChI=1S/C16H22N2O7/c1-22-14-9-13(18(20)21)12(16(19)23-2)8-15(14)25-6-3-4-11-10-17-5-7-24-11/h8-9,11,17H,3-7,10H2,1-2H3. The molecule has 1 heterocycles. The highest BCUT2D eigenvalue weighted by atomic mass is 16.6. The van der Waals surface area contributed by atoms with E-state index in [0.717, 1.165) is 39.1 Å². The molecule has 1 unspecified atom stereocenters. The number of hydrogen-bond acceptors (Lipinski definition) is 8. The Morgan fingerprint density at radius 3 is 2.80 bits per heavy atom. The minimum atomic E-state index is -0.805. The lowest BCUT2D eigenvalue weighted by molar-refractivity contribution is -0.385. The largest absolute Gasteiger partial charge is 0.493 e. The van der Waals surface area contributed by atoms with Crippen LogP contribution in [-0.2, 0) is 9.47 Å². The Labute approximate surface area is 145 Å². The number of ether oxygens (including phenoxy) is 4. The van der Waals surface area contributed by atoms with Crippen LogP contribution in [0.15, 0.2) is 12.1 Å². The van der Waals surface area contributed by atoms with Gasteiger partial charge in [-0.1, -0.05) is 0 Å². The van der Waals surface area contributed by atoms with Crippen molar-refractivity contribution >= 4 is 11.7 Å². The van der Waals surface area contributed by atoms with Gasteiger partial charge in [0.05, 0.1) is 44.5 Å². The second kappa shape index (κ2) is 9.19. The number of nitrogens with one attached hydrogen (secondary N) is 1. The molecule has 0 radical (unpaired) electrons. The Morgan fingerprint density at radius 2 is 2.20 bits per heavy atom. The fourth-order valence-electron chi connectivity index (χ4n) is 2.54. The first-order valence-corrected chi connectivity index (χ1v) is 7.96. The molecule has 0 bridgehead atoms. The van der Waals surface area contributed by atoms with E-state index in [4.69, 9.17) is 14.2 Å². The van der Waals surface area contributed by atoms with Crippen molar-refractivity contribution in [3.63, 3.8) is 0 Å². The predicted molar refractivity (Wildman–Crippen MR) is 88.3 cm³/mol. The maximum Gasteiger partial charge on any atom is 0.345 e. The topological polar surface area (TPSA) is 109 Å². The molecule has 1 aromatic carbocycles. The highest BCUT2D eigenvalue weighted by molar-refractivity contribution is 5.94. The van der Waals surface area contributed by atoms with Gasteiger partial charge < -0.3 is 24.3 Å². The molecule has 1 aliphatic heterocycles. The SMILES string of the molecule is COC(=O)c1cc(OCCCC2CNCCO2)c(OC)cc1[N+](=O)[O-]. The molecule has 1 fully saturated rings. The molecule has 2 rings (SSSR count). The van der Waals surface area contributed by atoms with E-state index in [1.807, 2.05) is 0 Å². The molecule has 25 heavy (non-hydrogen) atoms. The first-order chi connectivity index (χ1) is 12.1. The summed E-state index contributed by atoms with van der Waals surface area (Å²) >= 11 is 0. The number of nitro groups is 1. The third-order valence-electron chi connectivity index (χ3n) is 3.82. The zero-order chi connectivity index (χ0) is 18.2. The van der Waals surface area contributed by atoms with Crippen LogP contribution in [0.3, 0.4) is 0 Å². The van der Waals surface area contributed by atoms with Crippen LogP contribution in [-0.4, -0.2) is 57.5 Å². The van der Waals surface area contributed by atoms with Crippen LogP contribution in [0.2, 0.25) is 0 Å². The van der Waals surface area contributed by atoms with Crippen LogP contribution in [0.25, 0.3) is 0 Å². The maximum atomic E-state index is 11.8. The Hall–Kier alpha value is -2.39. The summed E-state index contributed by atoms with van der Waals surface area (Å²) in [4.78, 5) is 22.3. The van der Waals surface area contributed by atoms with Crippen molar-refractivity contribution in [2.75, 3.05) is 40.5 Å². The third kappa shape index (κ3) is 5.04. The zero-order valence-corrected chi connectivity index (χ0v) is 14.3. The summed E-state index contributed by atoms with van der Waals surface area (Å²) in [6, 6.07) is 2.44. The first kappa shape index (κ1) is 18.9. The molecule has 0 aromatic heterocycles. The predicted octanol–water partition coefficient (Wildman–Crippen LogP) is 1.54. The number of nitro benzene ring substituents is 1. The van der Waals surface area contributed by atoms with Crippen LogP contribution < -0.4 is 14.8 Å². The zero-order valence-electron chi connectivity index (χ0n) is 14.3. The van der Waals surface area contributed by atoms with Gasteiger partial charge in [0.15, 0.2) is 11.5 Å². The number of morpholine rings is 1. The number of nitrogens with zero attached hydrogens (tertiary/aromatic N) is 1. The van der Waals surface area contributed by atoms with Crippen molar-refractivity contribution < 1.29 is 28.7 Å². The van der Waals surface area contributed by atoms with Gasteiger partial charge in [0, 0.05) is 19.2 Å². The second-order valence-corrected chi connectivity index (χ2v) is 5.46. The van der Waals surface area contributed by atoms with Crippen molar-refractivity contribution in [2.45, 2.75) is 18.9 Å². The molecule has 1 aliphatic rings. The summed E-state index contributed by atoms with van der Waals surface area (Å²) in [6.07, 6.45) is 1.72. The Balaban J connectivity index is 2.05. The fourth-order valence-corrected chi connectivity index (χ4v) is 2.54. The van der Waals surface area contributed by atoms with Crippen molar-refractivity contribution in [1.29, 1.82) is 0 Å². The van der Waals surface area contributed by atoms with Crippen LogP contribution in [0.4, 0.5) is 5.69 Å². The van der Waals surface area contributed by atoms with Gasteiger partial charge in [0.2, 0.25) is 0 Å². The molecule has 1 N–H and O–H groups in total. The highest BCUT2D eigenvalue weighted by Gasteiger charge is 2.25. The van der Waals surface area contributed by atoms with E-state index in [2.05, 4.69) is 10.1 Å². The molecule has 1 saturated heterocycles. The molecule has 138 valence electrons. The van der Waals surface area contributed by atoms with E-state index in [-0.39, 0.29) is 23.2 Å². The van der Waals surface area contributed by atoms with E-state index in [1.54, 1.807) is 0 Å². The van der Waals surface area contributed by atoms with Gasteiger partial charge >= 0.3 is 5.97 Å². The number of benzene rings is 1. The quantitative estimate of drug-likeness (QED) is 0.324. The molecule has 0 saturated carbocycles. The van der Waals surface area contributed by atoms with Crippen LogP contribution in [0.5, 0.6) is 11.5 Å². The van der Waals surface area contributed by atoms with Crippen molar-refractivity contribution in [3.05, 3.63) is 27.8 Å². The normalized spacial score (nSPS) is 17.0. The third-order valence-corrected chi connectivity index (χ3v) is 3.82. The van der Waals surface area contributed by atoms with E-state index >= 15 is 0 Å². The minimum absolute atomic E-state index is 0.154. The molecule has 1 atom stereocenters. The Kier molecular flexibility index (Phi) is 6.96. The Bertz CT molecular complexity index is 615. The average molecular weight is 354 g/mol. The summed E-state index contributed by atoms with van der Waals surface area (Å²) in [7, 11) is 2.54. The van der Waals surface area contributed by atoms with Gasteiger partial charge in [-0.25, -0.2) is 4.79 Å². The van der Waals surface area contributed by atoms with Crippen LogP contribution in [0.1, 0.15) is 23.2 Å². The van der Waals surface area contributed by atoms with Gasteiger partial charge in [-0.15, -0.1) is 0 Å². The number of methoxy groups -OCH3 is 2. The number of carbonyl (C=O) groups excluding carboxylic acids is 1. The van der Waals surface area contributed by atoms with Gasteiger partial charge in [-0.05, 0) is 12.8 Å². The molecule has 0 spiro atoms. The Morgan fingerprint density at radius 1 is 1.40 bits per heavy atom. The first-order valence-electron chi connectivity index (χ1n) is 7.96. The molecular weight excluding hydrogens is 332 g/mol. The van der Waals surface area contributed by atoms with Crippen LogP contribution >= 0.6 is 0 Å². The van der Waals surface area contributed by atoms with Crippen molar-refractivity contribution in [1.82, 2.24) is 5.32 Å². The number of rotatable bonds is 8. The van der Waals surface area contributed by atoms with Gasteiger partial charge in [0.1, 0.15) is 5.56 Å². The number of esters is 1. The highest BCUT2D eigenvalue weighted by Crippen LogP contribution is 2.35. The van der Waals surface area contributed by atoms with E-state index in [9.17, 15) is 14.9 Å². The van der Waals surface area contributed by atoms with Crippen LogP contribution in [0, 0.1) is 10.1 Å². The van der Waals surface area contributed by atoms with E-state index in [1.165, 1.54) is 13.2 Å². The maximum absolute atomic E-state index is 11.8. The lowest BCUT2D eigenvalue weighted by atomic mass is 10.1. The van der Waals surface area contributed by atoms with E-state index in [0.29, 0.717) is 13.2 Å². The summed E-state index contributed by atoms with van der Waals surface area (Å²) in [6.45, 7) is 2.75. The van der Waals surface area contributed by atoms with Crippen molar-refractivity contribution in [2.24, 2.45) is 0 Å². The van der Waals surface area contributed by atoms with Gasteiger partial charge in [-0.3, -0.25) is 10.1 Å². The molecular formula is C16H22N2O7. The fraction of sp³-hybridized carbons (Fsp3) is 0.562. The van der Waals surface area contributed by atoms with Gasteiger partial charge in [0.25, 0.3) is 5.69 Å². The van der Waals surface area contributed by atoms with E-state index < -0.39 is 16.6 Å². The summed E-state index contributed by atoms with van der Waals surface area (Å²) < 4.78 is 21.0. The smallest absolute Gasteiger partial charge is 0.345 e. The van der Waals surface area contributed by atoms with Crippen molar-refractivity contribution in [3.8, 4) is 11.5 Å². The molecule has 9 heteroatoms. The summed E-state index contributed by atoms with van der Waals surface area (Å²) in [5.41, 5.74) is -0.569. The number of hydrogen-bond donors (Lipinski definition) is 1. The number of carbonyl (C=O) groups is 1. The monoisotopic (exact) mass is 354 g/mol. The molecule has 1 aromatic rings. The summed E-state index contributed by atoms with van der Waals surface area (Å²) in [5, 5.41) is 14.4. The average Bonchev–Trinajstić information content (AvgIpc) is 2.64. The minimum Gasteiger partial charge on any atom is -0.493 e. The molecule has 9 nitrogen and oxygen atoms in total.